The molecule has 1 N–H and O–H groups in total. The largest absolute Gasteiger partial charge is 0.337 e. The summed E-state index contributed by atoms with van der Waals surface area (Å²) < 4.78 is 42.6. The van der Waals surface area contributed by atoms with Crippen molar-refractivity contribution in [3.8, 4) is 0 Å². The van der Waals surface area contributed by atoms with Gasteiger partial charge < -0.3 is 10.2 Å². The van der Waals surface area contributed by atoms with Crippen LogP contribution in [0.3, 0.4) is 0 Å². The lowest BCUT2D eigenvalue weighted by atomic mass is 10.1. The lowest BCUT2D eigenvalue weighted by molar-refractivity contribution is -0.128. The summed E-state index contributed by atoms with van der Waals surface area (Å²) >= 11 is 0. The number of halogens is 1. The molecule has 1 heterocycles. The van der Waals surface area contributed by atoms with Gasteiger partial charge in [-0.3, -0.25) is 9.59 Å². The van der Waals surface area contributed by atoms with Crippen LogP contribution in [0.25, 0.3) is 17.0 Å². The van der Waals surface area contributed by atoms with Gasteiger partial charge >= 0.3 is 10.2 Å². The molecule has 0 spiro atoms. The van der Waals surface area contributed by atoms with Crippen molar-refractivity contribution in [3.05, 3.63) is 77.4 Å². The first kappa shape index (κ1) is 29.1. The summed E-state index contributed by atoms with van der Waals surface area (Å²) in [4.78, 5) is 28.6. The van der Waals surface area contributed by atoms with Gasteiger partial charge in [0.05, 0.1) is 11.1 Å². The van der Waals surface area contributed by atoms with Gasteiger partial charge in [0.25, 0.3) is 11.8 Å². The van der Waals surface area contributed by atoms with Crippen molar-refractivity contribution in [3.63, 3.8) is 0 Å². The topological polar surface area (TPSA) is 91.7 Å². The minimum atomic E-state index is -3.87. The average Bonchev–Trinajstić information content (AvgIpc) is 3.21. The van der Waals surface area contributed by atoms with Crippen LogP contribution in [0.4, 0.5) is 4.39 Å². The molecule has 3 aromatic rings. The second-order valence-corrected chi connectivity index (χ2v) is 12.2. The predicted molar refractivity (Wildman–Crippen MR) is 148 cm³/mol. The number of rotatable bonds is 10. The summed E-state index contributed by atoms with van der Waals surface area (Å²) in [6.45, 7) is 8.84. The number of nitrogens with one attached hydrogen (secondary N) is 1. The van der Waals surface area contributed by atoms with E-state index in [2.05, 4.69) is 5.32 Å². The number of benzene rings is 2. The summed E-state index contributed by atoms with van der Waals surface area (Å²) in [7, 11) is -1.01. The lowest BCUT2D eigenvalue weighted by Crippen LogP contribution is -2.42. The highest BCUT2D eigenvalue weighted by atomic mass is 32.2. The molecule has 8 nitrogen and oxygen atoms in total. The Labute approximate surface area is 223 Å². The first-order valence-corrected chi connectivity index (χ1v) is 13.8. The number of para-hydroxylation sites is 1. The fraction of sp³-hybridized carbons (Fsp3) is 0.357. The molecule has 2 aromatic carbocycles. The standard InChI is InChI=1S/C28H35FN4O4S/c1-19(2)16-32(17-20(3)4)28(35)25(30-27(34)23-12-7-9-13-24(23)29)15-21-18-33(38(36,37)31(5)6)26-14-10-8-11-22(21)26/h7-15,18-20H,16-17H2,1-6H3,(H,30,34)/b25-15-. The van der Waals surface area contributed by atoms with Crippen LogP contribution >= 0.6 is 0 Å². The van der Waals surface area contributed by atoms with E-state index in [0.717, 1.165) is 8.28 Å². The zero-order valence-electron chi connectivity index (χ0n) is 22.6. The molecule has 38 heavy (non-hydrogen) atoms. The molecule has 0 fully saturated rings. The molecule has 0 radical (unpaired) electrons. The summed E-state index contributed by atoms with van der Waals surface area (Å²) in [5.41, 5.74) is 0.547. The third-order valence-electron chi connectivity index (χ3n) is 5.77. The maximum Gasteiger partial charge on any atom is 0.307 e. The Bertz CT molecular complexity index is 1450. The third-order valence-corrected chi connectivity index (χ3v) is 7.50. The molecule has 204 valence electrons. The first-order valence-electron chi connectivity index (χ1n) is 12.4. The zero-order valence-corrected chi connectivity index (χ0v) is 23.4. The van der Waals surface area contributed by atoms with Crippen LogP contribution in [-0.2, 0) is 15.0 Å². The normalized spacial score (nSPS) is 12.5. The number of carbonyl (C=O) groups is 2. The molecular weight excluding hydrogens is 507 g/mol. The van der Waals surface area contributed by atoms with E-state index in [1.54, 1.807) is 29.2 Å². The number of hydrogen-bond donors (Lipinski definition) is 1. The molecule has 3 rings (SSSR count). The quantitative estimate of drug-likeness (QED) is 0.386. The summed E-state index contributed by atoms with van der Waals surface area (Å²) in [5, 5.41) is 3.18. The van der Waals surface area contributed by atoms with Crippen molar-refractivity contribution in [1.82, 2.24) is 18.5 Å². The summed E-state index contributed by atoms with van der Waals surface area (Å²) in [6.07, 6.45) is 2.87. The Hall–Kier alpha value is -3.50. The Kier molecular flexibility index (Phi) is 9.11. The van der Waals surface area contributed by atoms with Gasteiger partial charge in [-0.15, -0.1) is 0 Å². The zero-order chi connectivity index (χ0) is 28.2. The van der Waals surface area contributed by atoms with Gasteiger partial charge in [0, 0.05) is 44.3 Å². The second kappa shape index (κ2) is 11.9. The maximum absolute atomic E-state index is 14.4. The smallest absolute Gasteiger partial charge is 0.307 e. The fourth-order valence-corrected chi connectivity index (χ4v) is 5.10. The van der Waals surface area contributed by atoms with Crippen LogP contribution in [0, 0.1) is 17.7 Å². The fourth-order valence-electron chi connectivity index (χ4n) is 4.09. The van der Waals surface area contributed by atoms with Crippen LogP contribution in [-0.4, -0.2) is 60.6 Å². The Morgan fingerprint density at radius 3 is 2.13 bits per heavy atom. The van der Waals surface area contributed by atoms with E-state index in [-0.39, 0.29) is 23.1 Å². The molecule has 2 amide bonds. The van der Waals surface area contributed by atoms with E-state index >= 15 is 0 Å². The Morgan fingerprint density at radius 1 is 0.974 bits per heavy atom. The minimum absolute atomic E-state index is 0.0790. The number of carbonyl (C=O) groups excluding carboxylic acids is 2. The van der Waals surface area contributed by atoms with E-state index in [1.807, 2.05) is 27.7 Å². The van der Waals surface area contributed by atoms with Gasteiger partial charge in [0.15, 0.2) is 0 Å². The monoisotopic (exact) mass is 542 g/mol. The van der Waals surface area contributed by atoms with Crippen LogP contribution in [0.15, 0.2) is 60.4 Å². The number of aromatic nitrogens is 1. The molecule has 0 aliphatic heterocycles. The van der Waals surface area contributed by atoms with Crippen molar-refractivity contribution in [1.29, 1.82) is 0 Å². The molecule has 0 saturated carbocycles. The van der Waals surface area contributed by atoms with E-state index < -0.39 is 27.8 Å². The first-order chi connectivity index (χ1) is 17.8. The number of amides is 2. The van der Waals surface area contributed by atoms with Crippen molar-refractivity contribution in [2.75, 3.05) is 27.2 Å². The van der Waals surface area contributed by atoms with Crippen molar-refractivity contribution >= 4 is 39.0 Å². The highest BCUT2D eigenvalue weighted by molar-refractivity contribution is 7.87. The van der Waals surface area contributed by atoms with Crippen molar-refractivity contribution in [2.24, 2.45) is 11.8 Å². The van der Waals surface area contributed by atoms with Gasteiger partial charge in [0.1, 0.15) is 11.5 Å². The number of fused-ring (bicyclic) bond motifs is 1. The second-order valence-electron chi connectivity index (χ2n) is 10.2. The van der Waals surface area contributed by atoms with Crippen molar-refractivity contribution < 1.29 is 22.4 Å². The summed E-state index contributed by atoms with van der Waals surface area (Å²) in [5.74, 6) is -1.61. The van der Waals surface area contributed by atoms with Crippen LogP contribution in [0.2, 0.25) is 0 Å². The predicted octanol–water partition coefficient (Wildman–Crippen LogP) is 4.35. The van der Waals surface area contributed by atoms with Crippen LogP contribution < -0.4 is 5.32 Å². The third kappa shape index (κ3) is 6.49. The summed E-state index contributed by atoms with van der Waals surface area (Å²) in [6, 6.07) is 12.4. The molecule has 0 saturated heterocycles. The van der Waals surface area contributed by atoms with Gasteiger partial charge in [-0.2, -0.15) is 12.7 Å². The van der Waals surface area contributed by atoms with E-state index in [0.29, 0.717) is 29.6 Å². The molecular formula is C28H35FN4O4S. The average molecular weight is 543 g/mol. The van der Waals surface area contributed by atoms with Crippen molar-refractivity contribution in [2.45, 2.75) is 27.7 Å². The van der Waals surface area contributed by atoms with E-state index in [9.17, 15) is 22.4 Å². The molecule has 1 aromatic heterocycles. The highest BCUT2D eigenvalue weighted by Crippen LogP contribution is 2.26. The van der Waals surface area contributed by atoms with Gasteiger partial charge in [-0.05, 0) is 36.1 Å². The minimum Gasteiger partial charge on any atom is -0.337 e. The number of nitrogens with zero attached hydrogens (tertiary/aromatic N) is 3. The molecule has 0 bridgehead atoms. The molecule has 0 atom stereocenters. The van der Waals surface area contributed by atoms with Gasteiger partial charge in [-0.1, -0.05) is 58.0 Å². The highest BCUT2D eigenvalue weighted by Gasteiger charge is 2.25. The van der Waals surface area contributed by atoms with Gasteiger partial charge in [-0.25, -0.2) is 8.36 Å². The Balaban J connectivity index is 2.19. The lowest BCUT2D eigenvalue weighted by Gasteiger charge is -2.27. The molecule has 0 unspecified atom stereocenters. The molecule has 0 aliphatic rings. The maximum atomic E-state index is 14.4. The SMILES string of the molecule is CC(C)CN(CC(C)C)C(=O)/C(=C/c1cn(S(=O)(=O)N(C)C)c2ccccc12)NC(=O)c1ccccc1F. The van der Waals surface area contributed by atoms with E-state index in [4.69, 9.17) is 0 Å². The molecule has 10 heteroatoms. The van der Waals surface area contributed by atoms with Gasteiger partial charge in [0.2, 0.25) is 0 Å². The van der Waals surface area contributed by atoms with Crippen LogP contribution in [0.5, 0.6) is 0 Å². The number of hydrogen-bond acceptors (Lipinski definition) is 4. The molecule has 0 aliphatic carbocycles. The Morgan fingerprint density at radius 2 is 1.55 bits per heavy atom. The van der Waals surface area contributed by atoms with E-state index in [1.165, 1.54) is 50.6 Å². The van der Waals surface area contributed by atoms with Crippen LogP contribution in [0.1, 0.15) is 43.6 Å².